The van der Waals surface area contributed by atoms with Gasteiger partial charge in [0, 0.05) is 32.2 Å². The molecule has 2 aliphatic rings. The van der Waals surface area contributed by atoms with Crippen LogP contribution in [0.25, 0.3) is 0 Å². The van der Waals surface area contributed by atoms with Crippen molar-refractivity contribution in [3.8, 4) is 0 Å². The quantitative estimate of drug-likeness (QED) is 0.664. The lowest BCUT2D eigenvalue weighted by atomic mass is 9.85. The highest BCUT2D eigenvalue weighted by Crippen LogP contribution is 2.27. The standard InChI is InChI=1S/C10H20N2/c1-9-7-12(6-5-11-9)8-10-3-2-4-10/h9-11H,2-8H2,1H3/t9-/m1/s1. The van der Waals surface area contributed by atoms with E-state index in [0.717, 1.165) is 5.92 Å². The Morgan fingerprint density at radius 3 is 2.83 bits per heavy atom. The highest BCUT2D eigenvalue weighted by molar-refractivity contribution is 4.79. The van der Waals surface area contributed by atoms with Gasteiger partial charge < -0.3 is 10.2 Å². The molecule has 2 nitrogen and oxygen atoms in total. The summed E-state index contributed by atoms with van der Waals surface area (Å²) in [5, 5.41) is 3.48. The normalized spacial score (nSPS) is 33.2. The minimum absolute atomic E-state index is 0.707. The van der Waals surface area contributed by atoms with Crippen molar-refractivity contribution in [1.29, 1.82) is 0 Å². The SMILES string of the molecule is C[C@@H]1CN(CC2CCC2)CCN1. The molecule has 0 unspecified atom stereocenters. The fourth-order valence-corrected chi connectivity index (χ4v) is 2.22. The Morgan fingerprint density at radius 1 is 1.42 bits per heavy atom. The van der Waals surface area contributed by atoms with Gasteiger partial charge in [0.15, 0.2) is 0 Å². The number of nitrogens with one attached hydrogen (secondary N) is 1. The van der Waals surface area contributed by atoms with Gasteiger partial charge in [-0.1, -0.05) is 6.42 Å². The molecule has 0 aromatic heterocycles. The van der Waals surface area contributed by atoms with Gasteiger partial charge in [-0.15, -0.1) is 0 Å². The first-order chi connectivity index (χ1) is 5.84. The number of hydrogen-bond acceptors (Lipinski definition) is 2. The van der Waals surface area contributed by atoms with Crippen LogP contribution in [-0.2, 0) is 0 Å². The number of rotatable bonds is 2. The Labute approximate surface area is 75.3 Å². The number of piperazine rings is 1. The van der Waals surface area contributed by atoms with Crippen LogP contribution in [-0.4, -0.2) is 37.1 Å². The Kier molecular flexibility index (Phi) is 2.66. The molecule has 1 aliphatic carbocycles. The summed E-state index contributed by atoms with van der Waals surface area (Å²) in [7, 11) is 0. The molecule has 2 heteroatoms. The smallest absolute Gasteiger partial charge is 0.0167 e. The van der Waals surface area contributed by atoms with Crippen molar-refractivity contribution in [1.82, 2.24) is 10.2 Å². The zero-order chi connectivity index (χ0) is 8.39. The van der Waals surface area contributed by atoms with Crippen molar-refractivity contribution < 1.29 is 0 Å². The lowest BCUT2D eigenvalue weighted by Gasteiger charge is -2.37. The van der Waals surface area contributed by atoms with Gasteiger partial charge in [-0.05, 0) is 25.7 Å². The maximum Gasteiger partial charge on any atom is 0.0167 e. The summed E-state index contributed by atoms with van der Waals surface area (Å²) < 4.78 is 0. The van der Waals surface area contributed by atoms with Gasteiger partial charge >= 0.3 is 0 Å². The van der Waals surface area contributed by atoms with E-state index < -0.39 is 0 Å². The van der Waals surface area contributed by atoms with Crippen LogP contribution in [0.15, 0.2) is 0 Å². The third kappa shape index (κ3) is 1.99. The van der Waals surface area contributed by atoms with Crippen molar-refractivity contribution in [3.63, 3.8) is 0 Å². The third-order valence-electron chi connectivity index (χ3n) is 3.19. The van der Waals surface area contributed by atoms with Crippen molar-refractivity contribution in [2.75, 3.05) is 26.2 Å². The number of nitrogens with zero attached hydrogens (tertiary/aromatic N) is 1. The Balaban J connectivity index is 1.71. The van der Waals surface area contributed by atoms with E-state index in [1.165, 1.54) is 45.4 Å². The zero-order valence-electron chi connectivity index (χ0n) is 8.05. The largest absolute Gasteiger partial charge is 0.312 e. The maximum absolute atomic E-state index is 3.48. The van der Waals surface area contributed by atoms with E-state index in [0.29, 0.717) is 6.04 Å². The molecule has 2 rings (SSSR count). The van der Waals surface area contributed by atoms with Crippen LogP contribution in [0, 0.1) is 5.92 Å². The molecule has 2 fully saturated rings. The molecule has 0 aromatic rings. The van der Waals surface area contributed by atoms with Gasteiger partial charge in [-0.25, -0.2) is 0 Å². The van der Waals surface area contributed by atoms with E-state index in [2.05, 4.69) is 17.1 Å². The highest BCUT2D eigenvalue weighted by atomic mass is 15.2. The second-order valence-corrected chi connectivity index (χ2v) is 4.41. The molecule has 1 N–H and O–H groups in total. The Morgan fingerprint density at radius 2 is 2.25 bits per heavy atom. The van der Waals surface area contributed by atoms with Crippen LogP contribution in [0.5, 0.6) is 0 Å². The average Bonchev–Trinajstić information content (AvgIpc) is 1.97. The fraction of sp³-hybridized carbons (Fsp3) is 1.00. The minimum Gasteiger partial charge on any atom is -0.312 e. The van der Waals surface area contributed by atoms with Crippen LogP contribution in [0.1, 0.15) is 26.2 Å². The minimum atomic E-state index is 0.707. The lowest BCUT2D eigenvalue weighted by molar-refractivity contribution is 0.144. The molecular formula is C10H20N2. The van der Waals surface area contributed by atoms with Crippen LogP contribution in [0.3, 0.4) is 0 Å². The van der Waals surface area contributed by atoms with E-state index in [1.807, 2.05) is 0 Å². The molecule has 0 bridgehead atoms. The zero-order valence-corrected chi connectivity index (χ0v) is 8.05. The molecule has 0 aromatic carbocycles. The first kappa shape index (κ1) is 8.52. The molecule has 1 aliphatic heterocycles. The van der Waals surface area contributed by atoms with Crippen molar-refractivity contribution in [2.24, 2.45) is 5.92 Å². The Bertz CT molecular complexity index is 143. The maximum atomic E-state index is 3.48. The lowest BCUT2D eigenvalue weighted by Crippen LogP contribution is -2.50. The molecule has 0 radical (unpaired) electrons. The molecule has 12 heavy (non-hydrogen) atoms. The summed E-state index contributed by atoms with van der Waals surface area (Å²) in [6, 6.07) is 0.707. The fourth-order valence-electron chi connectivity index (χ4n) is 2.22. The van der Waals surface area contributed by atoms with Gasteiger partial charge in [0.05, 0.1) is 0 Å². The second kappa shape index (κ2) is 3.75. The molecule has 1 heterocycles. The summed E-state index contributed by atoms with van der Waals surface area (Å²) >= 11 is 0. The predicted octanol–water partition coefficient (Wildman–Crippen LogP) is 1.08. The Hall–Kier alpha value is -0.0800. The topological polar surface area (TPSA) is 15.3 Å². The predicted molar refractivity (Wildman–Crippen MR) is 51.2 cm³/mol. The molecule has 1 saturated heterocycles. The van der Waals surface area contributed by atoms with Gasteiger partial charge in [0.1, 0.15) is 0 Å². The molecule has 0 spiro atoms. The van der Waals surface area contributed by atoms with E-state index >= 15 is 0 Å². The van der Waals surface area contributed by atoms with E-state index in [-0.39, 0.29) is 0 Å². The van der Waals surface area contributed by atoms with Gasteiger partial charge in [0.25, 0.3) is 0 Å². The molecule has 1 atom stereocenters. The summed E-state index contributed by atoms with van der Waals surface area (Å²) in [4.78, 5) is 2.63. The number of hydrogen-bond donors (Lipinski definition) is 1. The highest BCUT2D eigenvalue weighted by Gasteiger charge is 2.23. The summed E-state index contributed by atoms with van der Waals surface area (Å²) in [6.07, 6.45) is 4.45. The van der Waals surface area contributed by atoms with Crippen LogP contribution in [0.2, 0.25) is 0 Å². The molecular weight excluding hydrogens is 148 g/mol. The first-order valence-electron chi connectivity index (χ1n) is 5.30. The monoisotopic (exact) mass is 168 g/mol. The summed E-state index contributed by atoms with van der Waals surface area (Å²) in [5.74, 6) is 1.04. The van der Waals surface area contributed by atoms with Crippen LogP contribution < -0.4 is 5.32 Å². The third-order valence-corrected chi connectivity index (χ3v) is 3.19. The van der Waals surface area contributed by atoms with Gasteiger partial charge in [0.2, 0.25) is 0 Å². The second-order valence-electron chi connectivity index (χ2n) is 4.41. The van der Waals surface area contributed by atoms with Crippen LogP contribution >= 0.6 is 0 Å². The summed E-state index contributed by atoms with van der Waals surface area (Å²) in [6.45, 7) is 7.37. The van der Waals surface area contributed by atoms with Crippen molar-refractivity contribution in [3.05, 3.63) is 0 Å². The average molecular weight is 168 g/mol. The van der Waals surface area contributed by atoms with E-state index in [1.54, 1.807) is 0 Å². The summed E-state index contributed by atoms with van der Waals surface area (Å²) in [5.41, 5.74) is 0. The van der Waals surface area contributed by atoms with E-state index in [9.17, 15) is 0 Å². The first-order valence-corrected chi connectivity index (χ1v) is 5.30. The molecule has 70 valence electrons. The van der Waals surface area contributed by atoms with Gasteiger partial charge in [-0.2, -0.15) is 0 Å². The van der Waals surface area contributed by atoms with Gasteiger partial charge in [-0.3, -0.25) is 0 Å². The van der Waals surface area contributed by atoms with Crippen LogP contribution in [0.4, 0.5) is 0 Å². The molecule has 0 amide bonds. The van der Waals surface area contributed by atoms with E-state index in [4.69, 9.17) is 0 Å². The molecule has 1 saturated carbocycles. The van der Waals surface area contributed by atoms with Crippen molar-refractivity contribution in [2.45, 2.75) is 32.2 Å². The van der Waals surface area contributed by atoms with Crippen molar-refractivity contribution >= 4 is 0 Å².